The van der Waals surface area contributed by atoms with E-state index in [9.17, 15) is 4.89 Å². The molecular formula is C12H27O3PSZn2. The van der Waals surface area contributed by atoms with E-state index in [4.69, 9.17) is 20.9 Å². The molecule has 0 aliphatic carbocycles. The third-order valence-corrected chi connectivity index (χ3v) is 4.15. The molecule has 0 aromatic carbocycles. The van der Waals surface area contributed by atoms with Crippen LogP contribution in [0.3, 0.4) is 0 Å². The van der Waals surface area contributed by atoms with Crippen molar-refractivity contribution in [1.82, 2.24) is 0 Å². The van der Waals surface area contributed by atoms with Crippen LogP contribution < -0.4 is 0 Å². The molecule has 0 saturated heterocycles. The normalized spacial score (nSPS) is 13.2. The van der Waals surface area contributed by atoms with Gasteiger partial charge in [0.05, 0.1) is 13.2 Å². The Hall–Kier alpha value is 1.78. The van der Waals surface area contributed by atoms with Crippen molar-refractivity contribution in [2.24, 2.45) is 0 Å². The molecule has 3 nitrogen and oxygen atoms in total. The van der Waals surface area contributed by atoms with Gasteiger partial charge in [0, 0.05) is 39.0 Å². The van der Waals surface area contributed by atoms with Gasteiger partial charge in [-0.15, -0.1) is 0 Å². The molecule has 108 valence electrons. The Bertz CT molecular complexity index is 221. The fourth-order valence-corrected chi connectivity index (χ4v) is 2.67. The zero-order valence-corrected chi connectivity index (χ0v) is 20.2. The Morgan fingerprint density at radius 2 is 1.21 bits per heavy atom. The molecule has 0 aliphatic rings. The van der Waals surface area contributed by atoms with Crippen molar-refractivity contribution in [3.05, 3.63) is 0 Å². The van der Waals surface area contributed by atoms with Gasteiger partial charge in [0.25, 0.3) is 0 Å². The van der Waals surface area contributed by atoms with E-state index in [0.29, 0.717) is 13.2 Å². The molecule has 0 amide bonds. The number of rotatable bonds is 12. The maximum absolute atomic E-state index is 9.66. The molecule has 0 rings (SSSR count). The Morgan fingerprint density at radius 3 is 1.74 bits per heavy atom. The summed E-state index contributed by atoms with van der Waals surface area (Å²) in [4.78, 5) is 9.66. The van der Waals surface area contributed by atoms with Gasteiger partial charge in [0.2, 0.25) is 0 Å². The zero-order chi connectivity index (χ0) is 13.0. The first-order valence-corrected chi connectivity index (χ1v) is 9.33. The average Bonchev–Trinajstić information content (AvgIpc) is 2.28. The van der Waals surface area contributed by atoms with E-state index in [0.717, 1.165) is 25.7 Å². The zero-order valence-electron chi connectivity index (χ0n) is 12.6. The van der Waals surface area contributed by atoms with Gasteiger partial charge in [-0.25, -0.2) is 0 Å². The fourth-order valence-electron chi connectivity index (χ4n) is 1.42. The van der Waals surface area contributed by atoms with Gasteiger partial charge in [-0.1, -0.05) is 52.4 Å². The Labute approximate surface area is 149 Å². The van der Waals surface area contributed by atoms with Gasteiger partial charge < -0.3 is 13.9 Å². The Morgan fingerprint density at radius 1 is 0.789 bits per heavy atom. The summed E-state index contributed by atoms with van der Waals surface area (Å²) in [7, 11) is 0. The van der Waals surface area contributed by atoms with E-state index in [1.807, 2.05) is 0 Å². The quantitative estimate of drug-likeness (QED) is 0.293. The molecule has 0 aromatic heterocycles. The Kier molecular flexibility index (Phi) is 24.1. The minimum atomic E-state index is -2.95. The Balaban J connectivity index is -0.00000128. The molecule has 1 N–H and O–H groups in total. The van der Waals surface area contributed by atoms with Gasteiger partial charge in [-0.3, -0.25) is 0 Å². The number of hydrogen-bond acceptors (Lipinski definition) is 3. The molecular weight excluding hydrogens is 386 g/mol. The monoisotopic (exact) mass is 410 g/mol. The van der Waals surface area contributed by atoms with Crippen LogP contribution in [0.2, 0.25) is 0 Å². The average molecular weight is 413 g/mol. The molecule has 0 aliphatic heterocycles. The predicted octanol–water partition coefficient (Wildman–Crippen LogP) is 4.39. The molecule has 7 heteroatoms. The van der Waals surface area contributed by atoms with Crippen LogP contribution in [0.15, 0.2) is 0 Å². The summed E-state index contributed by atoms with van der Waals surface area (Å²) in [6.45, 7) is 2.35. The summed E-state index contributed by atoms with van der Waals surface area (Å²) in [5.74, 6) is 0. The van der Waals surface area contributed by atoms with E-state index < -0.39 is 6.72 Å². The molecule has 0 saturated carbocycles. The minimum Gasteiger partial charge on any atom is -0.324 e. The van der Waals surface area contributed by atoms with Crippen molar-refractivity contribution >= 4 is 18.5 Å². The summed E-state index contributed by atoms with van der Waals surface area (Å²) in [5.41, 5.74) is 0. The van der Waals surface area contributed by atoms with Crippen LogP contribution in [-0.2, 0) is 59.8 Å². The van der Waals surface area contributed by atoms with Crippen LogP contribution in [0.5, 0.6) is 0 Å². The van der Waals surface area contributed by atoms with E-state index in [1.54, 1.807) is 0 Å². The van der Waals surface area contributed by atoms with Crippen molar-refractivity contribution < 1.29 is 52.9 Å². The van der Waals surface area contributed by atoms with E-state index in [2.05, 4.69) is 13.8 Å². The third kappa shape index (κ3) is 19.8. The summed E-state index contributed by atoms with van der Waals surface area (Å²) in [6.07, 6.45) is 9.15. The third-order valence-electron chi connectivity index (χ3n) is 2.50. The SMILES string of the molecule is CCCCCCCCOP(O)(=S)OCCCC.[Zn].[Zn]. The van der Waals surface area contributed by atoms with Crippen LogP contribution in [-0.4, -0.2) is 18.1 Å². The predicted molar refractivity (Wildman–Crippen MR) is 76.7 cm³/mol. The molecule has 0 aromatic rings. The summed E-state index contributed by atoms with van der Waals surface area (Å²) >= 11 is 4.90. The molecule has 0 radical (unpaired) electrons. The molecule has 1 atom stereocenters. The van der Waals surface area contributed by atoms with Gasteiger partial charge >= 0.3 is 6.72 Å². The molecule has 0 heterocycles. The first kappa shape index (κ1) is 25.7. The van der Waals surface area contributed by atoms with Gasteiger partial charge in [-0.05, 0) is 24.6 Å². The molecule has 1 unspecified atom stereocenters. The topological polar surface area (TPSA) is 38.7 Å². The maximum atomic E-state index is 9.66. The molecule has 0 spiro atoms. The second kappa shape index (κ2) is 17.8. The second-order valence-electron chi connectivity index (χ2n) is 4.26. The van der Waals surface area contributed by atoms with Gasteiger partial charge in [-0.2, -0.15) is 0 Å². The largest absolute Gasteiger partial charge is 0.324 e. The number of unbranched alkanes of at least 4 members (excludes halogenated alkanes) is 6. The molecule has 19 heavy (non-hydrogen) atoms. The first-order chi connectivity index (χ1) is 8.12. The van der Waals surface area contributed by atoms with Crippen molar-refractivity contribution in [3.8, 4) is 0 Å². The smallest absolute Gasteiger partial charge is 0.324 e. The van der Waals surface area contributed by atoms with Crippen molar-refractivity contribution in [3.63, 3.8) is 0 Å². The summed E-state index contributed by atoms with van der Waals surface area (Å²) < 4.78 is 10.4. The van der Waals surface area contributed by atoms with Crippen LogP contribution in [0.4, 0.5) is 0 Å². The number of hydrogen-bond donors (Lipinski definition) is 1. The molecule has 0 fully saturated rings. The van der Waals surface area contributed by atoms with Crippen LogP contribution in [0.1, 0.15) is 65.2 Å². The van der Waals surface area contributed by atoms with Crippen molar-refractivity contribution in [2.75, 3.05) is 13.2 Å². The van der Waals surface area contributed by atoms with Crippen LogP contribution >= 0.6 is 6.72 Å². The van der Waals surface area contributed by atoms with Crippen LogP contribution in [0.25, 0.3) is 0 Å². The van der Waals surface area contributed by atoms with Crippen molar-refractivity contribution in [1.29, 1.82) is 0 Å². The second-order valence-corrected chi connectivity index (χ2v) is 7.09. The van der Waals surface area contributed by atoms with E-state index in [-0.39, 0.29) is 39.0 Å². The summed E-state index contributed by atoms with van der Waals surface area (Å²) in [6, 6.07) is 0. The van der Waals surface area contributed by atoms with Crippen LogP contribution in [0, 0.1) is 0 Å². The fraction of sp³-hybridized carbons (Fsp3) is 1.00. The molecule has 0 bridgehead atoms. The van der Waals surface area contributed by atoms with E-state index in [1.165, 1.54) is 25.7 Å². The van der Waals surface area contributed by atoms with Crippen molar-refractivity contribution in [2.45, 2.75) is 65.2 Å². The van der Waals surface area contributed by atoms with E-state index >= 15 is 0 Å². The standard InChI is InChI=1S/C12H27O3PS.2Zn/c1-3-5-7-8-9-10-12-15-16(13,17)14-11-6-4-2;;/h3-12H2,1-2H3,(H,13,17);;. The summed E-state index contributed by atoms with van der Waals surface area (Å²) in [5, 5.41) is 0. The minimum absolute atomic E-state index is 0. The first-order valence-electron chi connectivity index (χ1n) is 6.74. The van der Waals surface area contributed by atoms with Gasteiger partial charge in [0.15, 0.2) is 0 Å². The maximum Gasteiger partial charge on any atom is 0.324 e. The van der Waals surface area contributed by atoms with Gasteiger partial charge in [0.1, 0.15) is 0 Å².